The fourth-order valence-electron chi connectivity index (χ4n) is 3.00. The van der Waals surface area contributed by atoms with E-state index >= 15 is 0 Å². The first-order valence-electron chi connectivity index (χ1n) is 8.54. The molecule has 1 aromatic heterocycles. The number of rotatable bonds is 6. The molecular weight excluding hydrogens is 346 g/mol. The number of anilines is 2. The minimum atomic E-state index is -0.0505. The van der Waals surface area contributed by atoms with Gasteiger partial charge in [-0.05, 0) is 30.7 Å². The normalized spacial score (nSPS) is 12.4. The molecule has 0 radical (unpaired) electrons. The van der Waals surface area contributed by atoms with Crippen LogP contribution in [0.5, 0.6) is 0 Å². The average molecular weight is 365 g/mol. The van der Waals surface area contributed by atoms with Crippen LogP contribution >= 0.6 is 11.8 Å². The number of nitrogens with zero attached hydrogens (tertiary/aromatic N) is 4. The highest BCUT2D eigenvalue weighted by Crippen LogP contribution is 2.47. The number of nitrogens with one attached hydrogen (secondary N) is 1. The molecule has 0 saturated carbocycles. The van der Waals surface area contributed by atoms with Crippen LogP contribution in [0.4, 0.5) is 11.4 Å². The van der Waals surface area contributed by atoms with Gasteiger partial charge >= 0.3 is 0 Å². The van der Waals surface area contributed by atoms with Crippen molar-refractivity contribution in [3.8, 4) is 0 Å². The molecule has 1 aliphatic rings. The third-order valence-electron chi connectivity index (χ3n) is 4.18. The number of hydrogen-bond acceptors (Lipinski definition) is 5. The first kappa shape index (κ1) is 16.7. The SMILES string of the molecule is O=C(Cn1cncn1)NCCCN1c2ccccc2Sc2ccccc21. The summed E-state index contributed by atoms with van der Waals surface area (Å²) in [5, 5.41) is 6.89. The number of para-hydroxylation sites is 2. The van der Waals surface area contributed by atoms with Gasteiger partial charge in [-0.1, -0.05) is 36.0 Å². The van der Waals surface area contributed by atoms with Crippen LogP contribution in [-0.4, -0.2) is 33.8 Å². The van der Waals surface area contributed by atoms with Crippen LogP contribution in [0.3, 0.4) is 0 Å². The maximum Gasteiger partial charge on any atom is 0.241 e. The van der Waals surface area contributed by atoms with Crippen LogP contribution in [0.15, 0.2) is 71.0 Å². The number of benzene rings is 2. The lowest BCUT2D eigenvalue weighted by Gasteiger charge is -2.32. The highest BCUT2D eigenvalue weighted by Gasteiger charge is 2.22. The first-order chi connectivity index (χ1) is 12.8. The molecule has 1 aliphatic heterocycles. The minimum Gasteiger partial charge on any atom is -0.354 e. The predicted octanol–water partition coefficient (Wildman–Crippen LogP) is 3.09. The van der Waals surface area contributed by atoms with Crippen molar-refractivity contribution < 1.29 is 4.79 Å². The Morgan fingerprint density at radius 3 is 2.38 bits per heavy atom. The van der Waals surface area contributed by atoms with Gasteiger partial charge in [0, 0.05) is 22.9 Å². The molecule has 4 rings (SSSR count). The summed E-state index contributed by atoms with van der Waals surface area (Å²) in [5.41, 5.74) is 2.45. The zero-order valence-corrected chi connectivity index (χ0v) is 15.0. The maximum absolute atomic E-state index is 11.9. The van der Waals surface area contributed by atoms with Crippen molar-refractivity contribution in [1.29, 1.82) is 0 Å². The van der Waals surface area contributed by atoms with Crippen molar-refractivity contribution in [2.45, 2.75) is 22.8 Å². The molecule has 0 bridgehead atoms. The number of aromatic nitrogens is 3. The summed E-state index contributed by atoms with van der Waals surface area (Å²) in [7, 11) is 0. The number of amides is 1. The largest absolute Gasteiger partial charge is 0.354 e. The molecule has 2 aromatic carbocycles. The van der Waals surface area contributed by atoms with E-state index in [4.69, 9.17) is 0 Å². The number of carbonyl (C=O) groups is 1. The van der Waals surface area contributed by atoms with Crippen molar-refractivity contribution in [1.82, 2.24) is 20.1 Å². The van der Waals surface area contributed by atoms with E-state index in [2.05, 4.69) is 68.8 Å². The highest BCUT2D eigenvalue weighted by atomic mass is 32.2. The Morgan fingerprint density at radius 2 is 1.73 bits per heavy atom. The fourth-order valence-corrected chi connectivity index (χ4v) is 4.10. The topological polar surface area (TPSA) is 63.1 Å². The Labute approximate surface area is 156 Å². The summed E-state index contributed by atoms with van der Waals surface area (Å²) >= 11 is 1.81. The van der Waals surface area contributed by atoms with Crippen molar-refractivity contribution >= 4 is 29.0 Å². The average Bonchev–Trinajstić information content (AvgIpc) is 3.17. The van der Waals surface area contributed by atoms with Crippen molar-refractivity contribution in [3.05, 3.63) is 61.2 Å². The van der Waals surface area contributed by atoms with Gasteiger partial charge in [0.05, 0.1) is 11.4 Å². The molecule has 0 fully saturated rings. The van der Waals surface area contributed by atoms with Gasteiger partial charge in [0.2, 0.25) is 5.91 Å². The van der Waals surface area contributed by atoms with Crippen LogP contribution in [0, 0.1) is 0 Å². The molecule has 132 valence electrons. The summed E-state index contributed by atoms with van der Waals surface area (Å²) in [6.45, 7) is 1.67. The molecule has 0 unspecified atom stereocenters. The van der Waals surface area contributed by atoms with E-state index in [-0.39, 0.29) is 12.5 Å². The van der Waals surface area contributed by atoms with Crippen molar-refractivity contribution in [3.63, 3.8) is 0 Å². The quantitative estimate of drug-likeness (QED) is 0.680. The second-order valence-electron chi connectivity index (χ2n) is 5.99. The van der Waals surface area contributed by atoms with Crippen molar-refractivity contribution in [2.24, 2.45) is 0 Å². The zero-order chi connectivity index (χ0) is 17.8. The van der Waals surface area contributed by atoms with Gasteiger partial charge in [0.25, 0.3) is 0 Å². The first-order valence-corrected chi connectivity index (χ1v) is 9.35. The Hall–Kier alpha value is -2.80. The number of hydrogen-bond donors (Lipinski definition) is 1. The minimum absolute atomic E-state index is 0.0505. The van der Waals surface area contributed by atoms with Gasteiger partial charge in [0.15, 0.2) is 0 Å². The lowest BCUT2D eigenvalue weighted by molar-refractivity contribution is -0.121. The second kappa shape index (κ2) is 7.61. The van der Waals surface area contributed by atoms with Crippen LogP contribution in [0.2, 0.25) is 0 Å². The molecule has 0 spiro atoms. The summed E-state index contributed by atoms with van der Waals surface area (Å²) in [4.78, 5) is 20.6. The smallest absolute Gasteiger partial charge is 0.241 e. The van der Waals surface area contributed by atoms with Gasteiger partial charge in [-0.3, -0.25) is 4.79 Å². The third kappa shape index (κ3) is 3.57. The highest BCUT2D eigenvalue weighted by molar-refractivity contribution is 7.99. The molecule has 0 saturated heterocycles. The molecule has 7 heteroatoms. The monoisotopic (exact) mass is 365 g/mol. The molecule has 0 atom stereocenters. The zero-order valence-electron chi connectivity index (χ0n) is 14.2. The number of fused-ring (bicyclic) bond motifs is 2. The van der Waals surface area contributed by atoms with E-state index in [1.807, 2.05) is 0 Å². The molecule has 1 N–H and O–H groups in total. The molecule has 3 aromatic rings. The van der Waals surface area contributed by atoms with E-state index in [0.717, 1.165) is 13.0 Å². The molecule has 1 amide bonds. The van der Waals surface area contributed by atoms with Crippen molar-refractivity contribution in [2.75, 3.05) is 18.0 Å². The molecule has 26 heavy (non-hydrogen) atoms. The van der Waals surface area contributed by atoms with Gasteiger partial charge in [-0.15, -0.1) is 0 Å². The van der Waals surface area contributed by atoms with Crippen LogP contribution in [-0.2, 0) is 11.3 Å². The molecule has 0 aliphatic carbocycles. The predicted molar refractivity (Wildman–Crippen MR) is 102 cm³/mol. The summed E-state index contributed by atoms with van der Waals surface area (Å²) < 4.78 is 1.52. The van der Waals surface area contributed by atoms with E-state index in [9.17, 15) is 4.79 Å². The Bertz CT molecular complexity index is 851. The molecule has 6 nitrogen and oxygen atoms in total. The Morgan fingerprint density at radius 1 is 1.04 bits per heavy atom. The lowest BCUT2D eigenvalue weighted by Crippen LogP contribution is -2.31. The van der Waals surface area contributed by atoms with Gasteiger partial charge in [0.1, 0.15) is 19.2 Å². The van der Waals surface area contributed by atoms with E-state index in [1.165, 1.54) is 32.2 Å². The summed E-state index contributed by atoms with van der Waals surface area (Å²) in [6, 6.07) is 16.9. The standard InChI is InChI=1S/C19H19N5OS/c25-19(12-23-14-20-13-22-23)21-10-5-11-24-15-6-1-3-8-17(15)26-18-9-4-2-7-16(18)24/h1-4,6-9,13-14H,5,10-12H2,(H,21,25). The van der Waals surface area contributed by atoms with E-state index < -0.39 is 0 Å². The van der Waals surface area contributed by atoms with Crippen LogP contribution in [0.25, 0.3) is 0 Å². The van der Waals surface area contributed by atoms with E-state index in [1.54, 1.807) is 18.1 Å². The number of carbonyl (C=O) groups excluding carboxylic acids is 1. The molecular formula is C19H19N5OS. The van der Waals surface area contributed by atoms with E-state index in [0.29, 0.717) is 6.54 Å². The molecule has 2 heterocycles. The lowest BCUT2D eigenvalue weighted by atomic mass is 10.2. The Kier molecular flexibility index (Phi) is 4.88. The Balaban J connectivity index is 1.38. The van der Waals surface area contributed by atoms with Gasteiger partial charge < -0.3 is 10.2 Å². The third-order valence-corrected chi connectivity index (χ3v) is 5.32. The van der Waals surface area contributed by atoms with Gasteiger partial charge in [-0.25, -0.2) is 9.67 Å². The fraction of sp³-hybridized carbons (Fsp3) is 0.211. The maximum atomic E-state index is 11.9. The van der Waals surface area contributed by atoms with Gasteiger partial charge in [-0.2, -0.15) is 5.10 Å². The second-order valence-corrected chi connectivity index (χ2v) is 7.07. The van der Waals surface area contributed by atoms with Crippen LogP contribution < -0.4 is 10.2 Å². The summed E-state index contributed by atoms with van der Waals surface area (Å²) in [5.74, 6) is -0.0505. The summed E-state index contributed by atoms with van der Waals surface area (Å²) in [6.07, 6.45) is 3.83. The van der Waals surface area contributed by atoms with Crippen LogP contribution in [0.1, 0.15) is 6.42 Å².